The van der Waals surface area contributed by atoms with E-state index < -0.39 is 29.3 Å². The molecule has 1 aromatic heterocycles. The Hall–Kier alpha value is -2.89. The molecule has 206 valence electrons. The van der Waals surface area contributed by atoms with Crippen LogP contribution in [0, 0.1) is 0 Å². The number of halogens is 3. The van der Waals surface area contributed by atoms with Crippen molar-refractivity contribution in [1.29, 1.82) is 0 Å². The fraction of sp³-hybridized carbons (Fsp3) is 0.600. The van der Waals surface area contributed by atoms with Gasteiger partial charge in [-0.05, 0) is 45.4 Å². The van der Waals surface area contributed by atoms with E-state index in [4.69, 9.17) is 4.74 Å². The number of anilines is 1. The predicted octanol–water partition coefficient (Wildman–Crippen LogP) is 6.02. The molecule has 8 nitrogen and oxygen atoms in total. The third-order valence-corrected chi connectivity index (χ3v) is 6.57. The van der Waals surface area contributed by atoms with Crippen LogP contribution in [0.25, 0.3) is 0 Å². The van der Waals surface area contributed by atoms with Gasteiger partial charge in [-0.2, -0.15) is 23.3 Å². The van der Waals surface area contributed by atoms with Crippen molar-refractivity contribution in [2.45, 2.75) is 85.0 Å². The zero-order valence-corrected chi connectivity index (χ0v) is 23.7. The van der Waals surface area contributed by atoms with Crippen LogP contribution in [0.15, 0.2) is 23.2 Å². The van der Waals surface area contributed by atoms with E-state index in [1.54, 1.807) is 25.5 Å². The lowest BCUT2D eigenvalue weighted by Gasteiger charge is -2.33. The number of hydrazine groups is 1. The second kappa shape index (κ2) is 11.2. The molecule has 2 rings (SSSR count). The van der Waals surface area contributed by atoms with Crippen LogP contribution in [0.1, 0.15) is 82.2 Å². The van der Waals surface area contributed by atoms with Crippen LogP contribution >= 0.6 is 11.3 Å². The molecule has 0 unspecified atom stereocenters. The van der Waals surface area contributed by atoms with Gasteiger partial charge in [0.15, 0.2) is 0 Å². The normalized spacial score (nSPS) is 13.0. The number of carbonyl (C=O) groups excluding carboxylic acids is 2. The monoisotopic (exact) mass is 543 g/mol. The van der Waals surface area contributed by atoms with Gasteiger partial charge in [-0.25, -0.2) is 14.5 Å². The van der Waals surface area contributed by atoms with Gasteiger partial charge >= 0.3 is 12.3 Å². The summed E-state index contributed by atoms with van der Waals surface area (Å²) in [4.78, 5) is 30.5. The Balaban J connectivity index is 2.63. The predicted molar refractivity (Wildman–Crippen MR) is 137 cm³/mol. The van der Waals surface area contributed by atoms with Gasteiger partial charge in [-0.1, -0.05) is 45.5 Å². The molecule has 0 saturated heterocycles. The number of rotatable bonds is 6. The first kappa shape index (κ1) is 30.3. The highest BCUT2D eigenvalue weighted by Gasteiger charge is 2.33. The summed E-state index contributed by atoms with van der Waals surface area (Å²) in [6.07, 6.45) is -3.72. The number of aromatic nitrogens is 2. The van der Waals surface area contributed by atoms with Crippen molar-refractivity contribution in [3.05, 3.63) is 39.1 Å². The summed E-state index contributed by atoms with van der Waals surface area (Å²) in [5.41, 5.74) is -2.32. The Morgan fingerprint density at radius 3 is 2.24 bits per heavy atom. The number of ether oxygens (including phenoxy) is 1. The van der Waals surface area contributed by atoms with Crippen molar-refractivity contribution in [2.24, 2.45) is 4.99 Å². The SMILES string of the molecule is CCCCn1nc(C(C)(C)C)s/c1=N\C(=O)c1cc(C(F)(F)F)ccc1N(C)N(C)C(=O)OC(C)(C)C. The molecule has 0 spiro atoms. The molecule has 0 aliphatic carbocycles. The lowest BCUT2D eigenvalue weighted by Crippen LogP contribution is -2.44. The molecule has 12 heteroatoms. The van der Waals surface area contributed by atoms with Crippen LogP contribution in [0.3, 0.4) is 0 Å². The number of hydrogen-bond donors (Lipinski definition) is 0. The number of hydrogen-bond acceptors (Lipinski definition) is 6. The first-order chi connectivity index (χ1) is 16.8. The molecular formula is C25H36F3N5O3S. The maximum absolute atomic E-state index is 13.5. The molecule has 1 aromatic carbocycles. The van der Waals surface area contributed by atoms with Gasteiger partial charge in [-0.3, -0.25) is 9.80 Å². The first-order valence-electron chi connectivity index (χ1n) is 11.9. The number of unbranched alkanes of at least 4 members (excludes halogenated alkanes) is 1. The van der Waals surface area contributed by atoms with E-state index in [1.165, 1.54) is 30.4 Å². The lowest BCUT2D eigenvalue weighted by atomic mass is 9.98. The van der Waals surface area contributed by atoms with E-state index in [-0.39, 0.29) is 16.7 Å². The van der Waals surface area contributed by atoms with E-state index in [0.717, 1.165) is 41.1 Å². The molecule has 1 heterocycles. The Morgan fingerprint density at radius 2 is 1.73 bits per heavy atom. The average molecular weight is 544 g/mol. The summed E-state index contributed by atoms with van der Waals surface area (Å²) in [6.45, 7) is 13.6. The zero-order valence-electron chi connectivity index (χ0n) is 22.9. The molecule has 0 saturated carbocycles. The van der Waals surface area contributed by atoms with Crippen molar-refractivity contribution in [2.75, 3.05) is 19.1 Å². The first-order valence-corrected chi connectivity index (χ1v) is 12.8. The molecule has 2 aromatic rings. The van der Waals surface area contributed by atoms with Gasteiger partial charge in [0, 0.05) is 26.1 Å². The summed E-state index contributed by atoms with van der Waals surface area (Å²) in [7, 11) is 2.85. The van der Waals surface area contributed by atoms with Crippen LogP contribution in [0.5, 0.6) is 0 Å². The highest BCUT2D eigenvalue weighted by Crippen LogP contribution is 2.33. The molecule has 37 heavy (non-hydrogen) atoms. The maximum atomic E-state index is 13.5. The Morgan fingerprint density at radius 1 is 1.11 bits per heavy atom. The summed E-state index contributed by atoms with van der Waals surface area (Å²) in [5, 5.41) is 7.69. The number of amides is 2. The Labute approximate surface area is 219 Å². The van der Waals surface area contributed by atoms with Gasteiger partial charge < -0.3 is 4.74 Å². The van der Waals surface area contributed by atoms with E-state index >= 15 is 0 Å². The highest BCUT2D eigenvalue weighted by atomic mass is 32.1. The van der Waals surface area contributed by atoms with Gasteiger partial charge in [0.1, 0.15) is 10.6 Å². The molecule has 2 amide bonds. The molecule has 0 aliphatic rings. The quantitative estimate of drug-likeness (QED) is 0.416. The average Bonchev–Trinajstić information content (AvgIpc) is 3.17. The Bertz CT molecular complexity index is 1190. The van der Waals surface area contributed by atoms with Gasteiger partial charge in [-0.15, -0.1) is 0 Å². The fourth-order valence-electron chi connectivity index (χ4n) is 3.07. The van der Waals surface area contributed by atoms with Crippen molar-refractivity contribution in [1.82, 2.24) is 14.8 Å². The lowest BCUT2D eigenvalue weighted by molar-refractivity contribution is -0.137. The molecule has 0 atom stereocenters. The van der Waals surface area contributed by atoms with Crippen LogP contribution < -0.4 is 9.81 Å². The zero-order chi connectivity index (χ0) is 28.3. The molecule has 0 radical (unpaired) electrons. The third kappa shape index (κ3) is 8.05. The largest absolute Gasteiger partial charge is 0.442 e. The smallest absolute Gasteiger partial charge is 0.429 e. The van der Waals surface area contributed by atoms with Gasteiger partial charge in [0.05, 0.1) is 16.8 Å². The van der Waals surface area contributed by atoms with E-state index in [9.17, 15) is 22.8 Å². The number of alkyl halides is 3. The number of aryl methyl sites for hydroxylation is 1. The van der Waals surface area contributed by atoms with Gasteiger partial charge in [0.25, 0.3) is 5.91 Å². The molecule has 0 aliphatic heterocycles. The van der Waals surface area contributed by atoms with Crippen molar-refractivity contribution in [3.63, 3.8) is 0 Å². The minimum atomic E-state index is -4.67. The van der Waals surface area contributed by atoms with Gasteiger partial charge in [0.2, 0.25) is 4.80 Å². The second-order valence-corrected chi connectivity index (χ2v) is 11.6. The van der Waals surface area contributed by atoms with Crippen molar-refractivity contribution >= 4 is 29.0 Å². The minimum Gasteiger partial charge on any atom is -0.442 e. The van der Waals surface area contributed by atoms with E-state index in [1.807, 2.05) is 27.7 Å². The fourth-order valence-corrected chi connectivity index (χ4v) is 4.06. The summed E-state index contributed by atoms with van der Waals surface area (Å²) in [5.74, 6) is -0.875. The topological polar surface area (TPSA) is 80.0 Å². The minimum absolute atomic E-state index is 0.0655. The standard InChI is InChI=1S/C25H36F3N5O3S/c1-10-11-14-33-21(37-20(30-33)23(2,3)4)29-19(34)17-15-16(25(26,27)28)12-13-18(17)31(8)32(9)22(35)36-24(5,6)7/h12-13,15H,10-11,14H2,1-9H3/b29-21-. The summed E-state index contributed by atoms with van der Waals surface area (Å²) < 4.78 is 47.6. The second-order valence-electron chi connectivity index (χ2n) is 10.7. The summed E-state index contributed by atoms with van der Waals surface area (Å²) >= 11 is 1.23. The van der Waals surface area contributed by atoms with E-state index in [0.29, 0.717) is 11.3 Å². The van der Waals surface area contributed by atoms with Crippen LogP contribution in [0.4, 0.5) is 23.7 Å². The molecule has 0 fully saturated rings. The highest BCUT2D eigenvalue weighted by molar-refractivity contribution is 7.09. The van der Waals surface area contributed by atoms with Crippen molar-refractivity contribution in [3.8, 4) is 0 Å². The Kier molecular flexibility index (Phi) is 9.22. The van der Waals surface area contributed by atoms with Crippen LogP contribution in [-0.4, -0.2) is 46.5 Å². The van der Waals surface area contributed by atoms with E-state index in [2.05, 4.69) is 10.1 Å². The number of carbonyl (C=O) groups is 2. The maximum Gasteiger partial charge on any atom is 0.429 e. The molecule has 0 bridgehead atoms. The molecule has 0 N–H and O–H groups in total. The number of benzene rings is 1. The van der Waals surface area contributed by atoms with Crippen LogP contribution in [-0.2, 0) is 22.9 Å². The van der Waals surface area contributed by atoms with Crippen LogP contribution in [0.2, 0.25) is 0 Å². The summed E-state index contributed by atoms with van der Waals surface area (Å²) in [6, 6.07) is 2.75. The number of nitrogens with zero attached hydrogens (tertiary/aromatic N) is 5. The molecular weight excluding hydrogens is 507 g/mol. The van der Waals surface area contributed by atoms with Crippen molar-refractivity contribution < 1.29 is 27.5 Å². The third-order valence-electron chi connectivity index (χ3n) is 5.19.